The Balaban J connectivity index is 2.10. The maximum Gasteiger partial charge on any atom is 0.144 e. The van der Waals surface area contributed by atoms with Crippen LogP contribution in [0.15, 0.2) is 42.6 Å². The van der Waals surface area contributed by atoms with E-state index >= 15 is 0 Å². The lowest BCUT2D eigenvalue weighted by Crippen LogP contribution is -2.13. The molecule has 0 atom stereocenters. The fourth-order valence-electron chi connectivity index (χ4n) is 2.44. The van der Waals surface area contributed by atoms with Crippen molar-refractivity contribution in [2.45, 2.75) is 19.9 Å². The number of nitrogens with one attached hydrogen (secondary N) is 1. The number of nitrogens with two attached hydrogens (primary N) is 1. The first-order valence-corrected chi connectivity index (χ1v) is 6.68. The van der Waals surface area contributed by atoms with E-state index < -0.39 is 0 Å². The molecule has 0 saturated heterocycles. The number of pyridine rings is 1. The molecule has 0 aliphatic carbocycles. The van der Waals surface area contributed by atoms with Crippen molar-refractivity contribution in [2.24, 2.45) is 5.84 Å². The van der Waals surface area contributed by atoms with Crippen LogP contribution in [0.3, 0.4) is 0 Å². The van der Waals surface area contributed by atoms with Crippen molar-refractivity contribution in [3.63, 3.8) is 0 Å². The van der Waals surface area contributed by atoms with Gasteiger partial charge in [-0.25, -0.2) is 15.8 Å². The maximum atomic E-state index is 5.53. The van der Waals surface area contributed by atoms with Gasteiger partial charge >= 0.3 is 0 Å². The first kappa shape index (κ1) is 12.6. The summed E-state index contributed by atoms with van der Waals surface area (Å²) in [7, 11) is 0. The molecule has 3 N–H and O–H groups in total. The molecule has 0 aliphatic heterocycles. The van der Waals surface area contributed by atoms with Gasteiger partial charge in [0.2, 0.25) is 0 Å². The lowest BCUT2D eigenvalue weighted by atomic mass is 10.2. The van der Waals surface area contributed by atoms with Gasteiger partial charge in [0.05, 0.1) is 17.6 Å². The lowest BCUT2D eigenvalue weighted by molar-refractivity contribution is 0.751. The topological polar surface area (TPSA) is 68.8 Å². The highest BCUT2D eigenvalue weighted by Gasteiger charge is 2.11. The standard InChI is InChI=1S/C15H17N5/c1-2-14-18-12-7-3-4-8-13(12)20(14)10-11-6-5-9-17-15(11)19-16/h3-9H,2,10,16H2,1H3,(H,17,19). The van der Waals surface area contributed by atoms with Crippen LogP contribution in [0.5, 0.6) is 0 Å². The van der Waals surface area contributed by atoms with Crippen LogP contribution in [0.4, 0.5) is 5.82 Å². The minimum absolute atomic E-state index is 0.701. The number of para-hydroxylation sites is 2. The van der Waals surface area contributed by atoms with Crippen LogP contribution in [0.1, 0.15) is 18.3 Å². The van der Waals surface area contributed by atoms with Crippen molar-refractivity contribution in [1.82, 2.24) is 14.5 Å². The Morgan fingerprint density at radius 1 is 1.20 bits per heavy atom. The summed E-state index contributed by atoms with van der Waals surface area (Å²) >= 11 is 0. The third-order valence-corrected chi connectivity index (χ3v) is 3.41. The molecular weight excluding hydrogens is 250 g/mol. The predicted octanol–water partition coefficient (Wildman–Crippen LogP) is 2.33. The molecule has 0 radical (unpaired) electrons. The zero-order valence-electron chi connectivity index (χ0n) is 11.4. The van der Waals surface area contributed by atoms with Gasteiger partial charge in [0, 0.05) is 18.2 Å². The van der Waals surface area contributed by atoms with E-state index in [-0.39, 0.29) is 0 Å². The monoisotopic (exact) mass is 267 g/mol. The molecule has 0 fully saturated rings. The van der Waals surface area contributed by atoms with Gasteiger partial charge in [-0.3, -0.25) is 0 Å². The largest absolute Gasteiger partial charge is 0.323 e. The summed E-state index contributed by atoms with van der Waals surface area (Å²) in [6.45, 7) is 2.82. The Hall–Kier alpha value is -2.40. The van der Waals surface area contributed by atoms with Gasteiger partial charge in [-0.1, -0.05) is 25.1 Å². The minimum Gasteiger partial charge on any atom is -0.323 e. The third-order valence-electron chi connectivity index (χ3n) is 3.41. The SMILES string of the molecule is CCc1nc2ccccc2n1Cc1cccnc1NN. The third kappa shape index (κ3) is 2.12. The molecule has 1 aromatic carbocycles. The summed E-state index contributed by atoms with van der Waals surface area (Å²) in [6.07, 6.45) is 2.62. The number of nitrogen functional groups attached to an aromatic ring is 1. The Bertz CT molecular complexity index is 732. The van der Waals surface area contributed by atoms with Crippen LogP contribution in [0.2, 0.25) is 0 Å². The second-order valence-electron chi connectivity index (χ2n) is 4.61. The highest BCUT2D eigenvalue weighted by Crippen LogP contribution is 2.20. The molecule has 2 heterocycles. The molecule has 0 aliphatic rings. The van der Waals surface area contributed by atoms with E-state index in [4.69, 9.17) is 5.84 Å². The molecule has 0 unspecified atom stereocenters. The van der Waals surface area contributed by atoms with E-state index in [2.05, 4.69) is 33.0 Å². The van der Waals surface area contributed by atoms with Crippen LogP contribution in [-0.2, 0) is 13.0 Å². The Morgan fingerprint density at radius 2 is 2.05 bits per heavy atom. The normalized spacial score (nSPS) is 10.9. The number of aryl methyl sites for hydroxylation is 1. The molecule has 3 rings (SSSR count). The quantitative estimate of drug-likeness (QED) is 0.562. The van der Waals surface area contributed by atoms with Gasteiger partial charge in [-0.05, 0) is 18.2 Å². The van der Waals surface area contributed by atoms with E-state index in [1.807, 2.05) is 30.3 Å². The summed E-state index contributed by atoms with van der Waals surface area (Å²) in [4.78, 5) is 8.92. The van der Waals surface area contributed by atoms with Gasteiger partial charge in [0.25, 0.3) is 0 Å². The molecule has 0 bridgehead atoms. The highest BCUT2D eigenvalue weighted by molar-refractivity contribution is 5.76. The molecule has 0 spiro atoms. The van der Waals surface area contributed by atoms with Crippen molar-refractivity contribution in [2.75, 3.05) is 5.43 Å². The molecule has 0 amide bonds. The summed E-state index contributed by atoms with van der Waals surface area (Å²) in [5.74, 6) is 7.29. The second kappa shape index (κ2) is 5.30. The number of rotatable bonds is 4. The van der Waals surface area contributed by atoms with Crippen LogP contribution in [-0.4, -0.2) is 14.5 Å². The molecule has 2 aromatic heterocycles. The molecule has 102 valence electrons. The number of hydrogen-bond donors (Lipinski definition) is 2. The number of anilines is 1. The Morgan fingerprint density at radius 3 is 2.85 bits per heavy atom. The number of benzene rings is 1. The maximum absolute atomic E-state index is 5.53. The predicted molar refractivity (Wildman–Crippen MR) is 80.3 cm³/mol. The van der Waals surface area contributed by atoms with Crippen molar-refractivity contribution in [3.05, 3.63) is 54.0 Å². The molecule has 5 nitrogen and oxygen atoms in total. The number of hydrogen-bond acceptors (Lipinski definition) is 4. The molecule has 3 aromatic rings. The van der Waals surface area contributed by atoms with Crippen molar-refractivity contribution in [1.29, 1.82) is 0 Å². The average Bonchev–Trinajstić information content (AvgIpc) is 2.86. The number of fused-ring (bicyclic) bond motifs is 1. The zero-order valence-corrected chi connectivity index (χ0v) is 11.4. The fraction of sp³-hybridized carbons (Fsp3) is 0.200. The first-order valence-electron chi connectivity index (χ1n) is 6.68. The van der Waals surface area contributed by atoms with E-state index in [1.165, 1.54) is 0 Å². The van der Waals surface area contributed by atoms with Crippen LogP contribution < -0.4 is 11.3 Å². The molecule has 20 heavy (non-hydrogen) atoms. The second-order valence-corrected chi connectivity index (χ2v) is 4.61. The zero-order chi connectivity index (χ0) is 13.9. The van der Waals surface area contributed by atoms with Crippen molar-refractivity contribution < 1.29 is 0 Å². The van der Waals surface area contributed by atoms with Gasteiger partial charge in [-0.2, -0.15) is 0 Å². The molecule has 0 saturated carbocycles. The average molecular weight is 267 g/mol. The lowest BCUT2D eigenvalue weighted by Gasteiger charge is -2.11. The van der Waals surface area contributed by atoms with Crippen molar-refractivity contribution >= 4 is 16.9 Å². The summed E-state index contributed by atoms with van der Waals surface area (Å²) in [6, 6.07) is 12.1. The van der Waals surface area contributed by atoms with E-state index in [9.17, 15) is 0 Å². The van der Waals surface area contributed by atoms with Crippen molar-refractivity contribution in [3.8, 4) is 0 Å². The summed E-state index contributed by atoms with van der Waals surface area (Å²) in [5.41, 5.74) is 5.86. The highest BCUT2D eigenvalue weighted by atomic mass is 15.3. The van der Waals surface area contributed by atoms with E-state index in [0.717, 1.165) is 28.8 Å². The number of imidazole rings is 1. The Labute approximate surface area is 117 Å². The van der Waals surface area contributed by atoms with Gasteiger partial charge in [0.1, 0.15) is 11.6 Å². The number of aromatic nitrogens is 3. The minimum atomic E-state index is 0.701. The van der Waals surface area contributed by atoms with Crippen LogP contribution in [0, 0.1) is 0 Å². The fourth-order valence-corrected chi connectivity index (χ4v) is 2.44. The molecular formula is C15H17N5. The number of nitrogens with zero attached hydrogens (tertiary/aromatic N) is 3. The van der Waals surface area contributed by atoms with Gasteiger partial charge < -0.3 is 9.99 Å². The smallest absolute Gasteiger partial charge is 0.144 e. The van der Waals surface area contributed by atoms with E-state index in [0.29, 0.717) is 12.4 Å². The van der Waals surface area contributed by atoms with Crippen LogP contribution in [0.25, 0.3) is 11.0 Å². The summed E-state index contributed by atoms with van der Waals surface area (Å²) in [5, 5.41) is 0. The number of hydrazine groups is 1. The summed E-state index contributed by atoms with van der Waals surface area (Å²) < 4.78 is 2.22. The first-order chi connectivity index (χ1) is 9.83. The van der Waals surface area contributed by atoms with Gasteiger partial charge in [-0.15, -0.1) is 0 Å². The van der Waals surface area contributed by atoms with E-state index in [1.54, 1.807) is 6.20 Å². The Kier molecular flexibility index (Phi) is 3.35. The van der Waals surface area contributed by atoms with Crippen LogP contribution >= 0.6 is 0 Å². The molecule has 5 heteroatoms. The van der Waals surface area contributed by atoms with Gasteiger partial charge in [0.15, 0.2) is 0 Å².